The van der Waals surface area contributed by atoms with Gasteiger partial charge in [0.25, 0.3) is 5.91 Å². The number of nitrogens with one attached hydrogen (secondary N) is 2. The Morgan fingerprint density at radius 1 is 1.00 bits per heavy atom. The van der Waals surface area contributed by atoms with Crippen LogP contribution >= 0.6 is 0 Å². The smallest absolute Gasteiger partial charge is 0.416 e. The Labute approximate surface area is 167 Å². The van der Waals surface area contributed by atoms with Crippen LogP contribution in [0.2, 0.25) is 0 Å². The number of carbonyl (C=O) groups is 2. The number of methoxy groups -OCH3 is 1. The average molecular weight is 408 g/mol. The monoisotopic (exact) mass is 408 g/mol. The second-order valence-electron chi connectivity index (χ2n) is 6.95. The Kier molecular flexibility index (Phi) is 7.39. The molecule has 0 heterocycles. The lowest BCUT2D eigenvalue weighted by atomic mass is 9.90. The fourth-order valence-electron chi connectivity index (χ4n) is 2.74. The average Bonchev–Trinajstić information content (AvgIpc) is 2.71. The quantitative estimate of drug-likeness (QED) is 0.514. The molecule has 2 aromatic rings. The van der Waals surface area contributed by atoms with Crippen LogP contribution in [0.1, 0.15) is 41.3 Å². The van der Waals surface area contributed by atoms with Crippen molar-refractivity contribution in [2.75, 3.05) is 7.11 Å². The van der Waals surface area contributed by atoms with Gasteiger partial charge in [0.2, 0.25) is 0 Å². The third kappa shape index (κ3) is 6.90. The molecule has 0 saturated heterocycles. The summed E-state index contributed by atoms with van der Waals surface area (Å²) in [6, 6.07) is 13.5. The number of ether oxygens (including phenoxy) is 1. The van der Waals surface area contributed by atoms with Gasteiger partial charge in [-0.3, -0.25) is 15.0 Å². The van der Waals surface area contributed by atoms with Crippen molar-refractivity contribution in [1.29, 1.82) is 0 Å². The largest absolute Gasteiger partial charge is 0.469 e. The minimum absolute atomic E-state index is 0.00360. The van der Waals surface area contributed by atoms with E-state index in [1.807, 2.05) is 30.3 Å². The van der Waals surface area contributed by atoms with Gasteiger partial charge in [-0.15, -0.1) is 0 Å². The molecule has 0 radical (unpaired) electrons. The lowest BCUT2D eigenvalue weighted by molar-refractivity contribution is -0.142. The topological polar surface area (TPSA) is 67.4 Å². The Hall–Kier alpha value is -2.87. The third-order valence-corrected chi connectivity index (χ3v) is 4.52. The predicted molar refractivity (Wildman–Crippen MR) is 102 cm³/mol. The van der Waals surface area contributed by atoms with Crippen LogP contribution in [-0.2, 0) is 22.1 Å². The van der Waals surface area contributed by atoms with Gasteiger partial charge in [0.1, 0.15) is 0 Å². The van der Waals surface area contributed by atoms with Crippen molar-refractivity contribution < 1.29 is 27.5 Å². The van der Waals surface area contributed by atoms with E-state index < -0.39 is 29.2 Å². The first kappa shape index (κ1) is 22.4. The molecule has 2 rings (SSSR count). The Bertz CT molecular complexity index is 823. The van der Waals surface area contributed by atoms with Crippen LogP contribution in [0.3, 0.4) is 0 Å². The number of halogens is 3. The number of alkyl halides is 3. The van der Waals surface area contributed by atoms with E-state index in [1.54, 1.807) is 6.92 Å². The van der Waals surface area contributed by atoms with Gasteiger partial charge in [0.15, 0.2) is 0 Å². The molecule has 0 saturated carbocycles. The summed E-state index contributed by atoms with van der Waals surface area (Å²) in [7, 11) is 1.28. The molecule has 2 N–H and O–H groups in total. The maximum Gasteiger partial charge on any atom is 0.416 e. The normalized spacial score (nSPS) is 13.4. The van der Waals surface area contributed by atoms with E-state index in [9.17, 15) is 22.8 Å². The molecule has 156 valence electrons. The van der Waals surface area contributed by atoms with Gasteiger partial charge >= 0.3 is 12.1 Å². The number of rotatable bonds is 8. The van der Waals surface area contributed by atoms with Gasteiger partial charge in [0.05, 0.1) is 19.1 Å². The molecular formula is C21H23F3N2O3. The van der Waals surface area contributed by atoms with E-state index >= 15 is 0 Å². The summed E-state index contributed by atoms with van der Waals surface area (Å²) in [4.78, 5) is 24.1. The molecule has 29 heavy (non-hydrogen) atoms. The van der Waals surface area contributed by atoms with Crippen molar-refractivity contribution in [3.8, 4) is 0 Å². The zero-order chi connectivity index (χ0) is 21.5. The van der Waals surface area contributed by atoms with Gasteiger partial charge in [-0.25, -0.2) is 5.43 Å². The standard InChI is InChI=1S/C21H23F3N2O3/c1-20(14-18(27)29-2,13-12-15-6-4-3-5-7-15)26-25-19(28)16-8-10-17(11-9-16)21(22,23)24/h3-11,26H,12-14H2,1-2H3,(H,25,28)/t20-/m0/s1. The van der Waals surface area contributed by atoms with Gasteiger partial charge in [-0.2, -0.15) is 13.2 Å². The van der Waals surface area contributed by atoms with E-state index in [-0.39, 0.29) is 12.0 Å². The lowest BCUT2D eigenvalue weighted by Gasteiger charge is -2.30. The summed E-state index contributed by atoms with van der Waals surface area (Å²) < 4.78 is 42.7. The van der Waals surface area contributed by atoms with E-state index in [4.69, 9.17) is 4.74 Å². The Morgan fingerprint density at radius 2 is 1.62 bits per heavy atom. The molecule has 1 atom stereocenters. The highest BCUT2D eigenvalue weighted by atomic mass is 19.4. The van der Waals surface area contributed by atoms with Crippen LogP contribution in [0, 0.1) is 0 Å². The van der Waals surface area contributed by atoms with Crippen molar-refractivity contribution in [3.63, 3.8) is 0 Å². The van der Waals surface area contributed by atoms with E-state index in [0.717, 1.165) is 29.8 Å². The summed E-state index contributed by atoms with van der Waals surface area (Å²) in [5.74, 6) is -1.05. The molecule has 8 heteroatoms. The minimum atomic E-state index is -4.47. The zero-order valence-electron chi connectivity index (χ0n) is 16.2. The van der Waals surface area contributed by atoms with Crippen LogP contribution in [0.25, 0.3) is 0 Å². The fourth-order valence-corrected chi connectivity index (χ4v) is 2.74. The molecule has 0 aliphatic carbocycles. The van der Waals surface area contributed by atoms with Crippen molar-refractivity contribution in [1.82, 2.24) is 10.9 Å². The summed E-state index contributed by atoms with van der Waals surface area (Å²) >= 11 is 0. The summed E-state index contributed by atoms with van der Waals surface area (Å²) in [5, 5.41) is 0. The molecule has 0 bridgehead atoms. The zero-order valence-corrected chi connectivity index (χ0v) is 16.2. The minimum Gasteiger partial charge on any atom is -0.469 e. The highest BCUT2D eigenvalue weighted by Gasteiger charge is 2.31. The van der Waals surface area contributed by atoms with Crippen LogP contribution in [0.5, 0.6) is 0 Å². The maximum atomic E-state index is 12.6. The second-order valence-corrected chi connectivity index (χ2v) is 6.95. The molecule has 0 spiro atoms. The molecule has 0 unspecified atom stereocenters. The molecule has 0 aromatic heterocycles. The number of carbonyl (C=O) groups excluding carboxylic acids is 2. The van der Waals surface area contributed by atoms with E-state index in [1.165, 1.54) is 7.11 Å². The third-order valence-electron chi connectivity index (χ3n) is 4.52. The number of hydrogen-bond donors (Lipinski definition) is 2. The molecular weight excluding hydrogens is 385 g/mol. The first-order chi connectivity index (χ1) is 13.6. The molecule has 1 amide bonds. The number of amides is 1. The van der Waals surface area contributed by atoms with Crippen molar-refractivity contribution >= 4 is 11.9 Å². The summed E-state index contributed by atoms with van der Waals surface area (Å²) in [6.45, 7) is 1.76. The number of benzene rings is 2. The van der Waals surface area contributed by atoms with Crippen LogP contribution in [-0.4, -0.2) is 24.5 Å². The van der Waals surface area contributed by atoms with Crippen LogP contribution in [0.15, 0.2) is 54.6 Å². The van der Waals surface area contributed by atoms with Crippen molar-refractivity contribution in [3.05, 3.63) is 71.3 Å². The number of hydrogen-bond acceptors (Lipinski definition) is 4. The maximum absolute atomic E-state index is 12.6. The summed E-state index contributed by atoms with van der Waals surface area (Å²) in [5.41, 5.74) is 4.82. The SMILES string of the molecule is COC(=O)C[C@](C)(CCc1ccccc1)NNC(=O)c1ccc(C(F)(F)F)cc1. The number of hydrazine groups is 1. The molecule has 5 nitrogen and oxygen atoms in total. The van der Waals surface area contributed by atoms with Crippen LogP contribution in [0.4, 0.5) is 13.2 Å². The van der Waals surface area contributed by atoms with Gasteiger partial charge in [0, 0.05) is 11.1 Å². The first-order valence-electron chi connectivity index (χ1n) is 8.98. The van der Waals surface area contributed by atoms with Crippen molar-refractivity contribution in [2.45, 2.75) is 37.9 Å². The molecule has 0 aliphatic heterocycles. The van der Waals surface area contributed by atoms with Crippen LogP contribution < -0.4 is 10.9 Å². The van der Waals surface area contributed by atoms with E-state index in [0.29, 0.717) is 12.8 Å². The van der Waals surface area contributed by atoms with E-state index in [2.05, 4.69) is 10.9 Å². The highest BCUT2D eigenvalue weighted by Crippen LogP contribution is 2.29. The van der Waals surface area contributed by atoms with Crippen molar-refractivity contribution in [2.24, 2.45) is 0 Å². The number of aryl methyl sites for hydroxylation is 1. The lowest BCUT2D eigenvalue weighted by Crippen LogP contribution is -2.53. The Balaban J connectivity index is 2.03. The predicted octanol–water partition coefficient (Wildman–Crippen LogP) is 3.89. The fraction of sp³-hybridized carbons (Fsp3) is 0.333. The first-order valence-corrected chi connectivity index (χ1v) is 8.98. The molecule has 0 fully saturated rings. The second kappa shape index (κ2) is 9.56. The Morgan fingerprint density at radius 3 is 2.17 bits per heavy atom. The van der Waals surface area contributed by atoms with Gasteiger partial charge < -0.3 is 4.74 Å². The van der Waals surface area contributed by atoms with Gasteiger partial charge in [-0.1, -0.05) is 30.3 Å². The summed E-state index contributed by atoms with van der Waals surface area (Å²) in [6.07, 6.45) is -3.30. The van der Waals surface area contributed by atoms with Gasteiger partial charge in [-0.05, 0) is 49.6 Å². The highest BCUT2D eigenvalue weighted by molar-refractivity contribution is 5.93. The molecule has 0 aliphatic rings. The number of esters is 1. The molecule has 2 aromatic carbocycles.